The van der Waals surface area contributed by atoms with Gasteiger partial charge in [0.05, 0.1) is 13.0 Å². The predicted octanol–water partition coefficient (Wildman–Crippen LogP) is 2.08. The number of carbonyl (C=O) groups excluding carboxylic acids is 1. The van der Waals surface area contributed by atoms with Gasteiger partial charge in [-0.3, -0.25) is 4.79 Å². The molecule has 1 amide bonds. The van der Waals surface area contributed by atoms with Crippen LogP contribution >= 0.6 is 0 Å². The number of nitrogen functional groups attached to an aromatic ring is 1. The Hall–Kier alpha value is -1.55. The molecule has 1 aromatic carbocycles. The second kappa shape index (κ2) is 7.79. The number of ether oxygens (including phenoxy) is 1. The molecule has 0 spiro atoms. The molecule has 4 nitrogen and oxygen atoms in total. The monoisotopic (exact) mass is 264 g/mol. The van der Waals surface area contributed by atoms with Crippen molar-refractivity contribution in [1.29, 1.82) is 0 Å². The summed E-state index contributed by atoms with van der Waals surface area (Å²) in [5, 5.41) is 0. The van der Waals surface area contributed by atoms with Crippen molar-refractivity contribution in [2.75, 3.05) is 26.0 Å². The highest BCUT2D eigenvalue weighted by Crippen LogP contribution is 2.10. The Kier molecular flexibility index (Phi) is 6.36. The van der Waals surface area contributed by atoms with Gasteiger partial charge in [0.1, 0.15) is 0 Å². The number of rotatable bonds is 7. The summed E-state index contributed by atoms with van der Waals surface area (Å²) in [6.45, 7) is 5.36. The van der Waals surface area contributed by atoms with Crippen LogP contribution in [0.2, 0.25) is 0 Å². The number of hydrogen-bond acceptors (Lipinski definition) is 3. The fourth-order valence-electron chi connectivity index (χ4n) is 1.91. The molecule has 106 valence electrons. The van der Waals surface area contributed by atoms with Crippen LogP contribution < -0.4 is 5.73 Å². The molecule has 0 aliphatic heterocycles. The molecule has 1 atom stereocenters. The van der Waals surface area contributed by atoms with Crippen LogP contribution in [0.4, 0.5) is 5.69 Å². The molecule has 2 N–H and O–H groups in total. The molecule has 1 rings (SSSR count). The molecule has 1 unspecified atom stereocenters. The van der Waals surface area contributed by atoms with E-state index < -0.39 is 0 Å². The number of anilines is 1. The van der Waals surface area contributed by atoms with Crippen LogP contribution in [0.5, 0.6) is 0 Å². The number of hydrogen-bond donors (Lipinski definition) is 1. The number of nitrogens with zero attached hydrogens (tertiary/aromatic N) is 1. The maximum absolute atomic E-state index is 12.3. The Morgan fingerprint density at radius 2 is 2.00 bits per heavy atom. The summed E-state index contributed by atoms with van der Waals surface area (Å²) < 4.78 is 5.07. The summed E-state index contributed by atoms with van der Waals surface area (Å²) in [5.41, 5.74) is 7.35. The van der Waals surface area contributed by atoms with E-state index in [9.17, 15) is 4.79 Å². The Morgan fingerprint density at radius 1 is 1.37 bits per heavy atom. The smallest absolute Gasteiger partial charge is 0.227 e. The molecule has 19 heavy (non-hydrogen) atoms. The molecule has 0 saturated carbocycles. The normalized spacial score (nSPS) is 12.2. The van der Waals surface area contributed by atoms with Gasteiger partial charge in [-0.15, -0.1) is 0 Å². The average Bonchev–Trinajstić information content (AvgIpc) is 2.41. The minimum Gasteiger partial charge on any atom is -0.399 e. The lowest BCUT2D eigenvalue weighted by Gasteiger charge is -2.28. The Balaban J connectivity index is 2.67. The van der Waals surface area contributed by atoms with Crippen molar-refractivity contribution < 1.29 is 9.53 Å². The largest absolute Gasteiger partial charge is 0.399 e. The maximum atomic E-state index is 12.3. The molecular weight excluding hydrogens is 240 g/mol. The van der Waals surface area contributed by atoms with Crippen molar-refractivity contribution in [3.8, 4) is 0 Å². The first-order valence-electron chi connectivity index (χ1n) is 6.71. The van der Waals surface area contributed by atoms with Gasteiger partial charge in [-0.25, -0.2) is 0 Å². The molecule has 0 saturated heterocycles. The van der Waals surface area contributed by atoms with E-state index in [0.717, 1.165) is 17.7 Å². The molecule has 0 radical (unpaired) electrons. The number of carbonyl (C=O) groups is 1. The van der Waals surface area contributed by atoms with E-state index in [1.807, 2.05) is 29.2 Å². The predicted molar refractivity (Wildman–Crippen MR) is 77.9 cm³/mol. The molecule has 1 aromatic rings. The molecular formula is C15H24N2O2. The van der Waals surface area contributed by atoms with E-state index in [2.05, 4.69) is 13.8 Å². The topological polar surface area (TPSA) is 55.6 Å². The van der Waals surface area contributed by atoms with Crippen molar-refractivity contribution in [2.24, 2.45) is 0 Å². The van der Waals surface area contributed by atoms with Crippen molar-refractivity contribution in [2.45, 2.75) is 32.7 Å². The first-order valence-corrected chi connectivity index (χ1v) is 6.71. The zero-order valence-electron chi connectivity index (χ0n) is 12.1. The van der Waals surface area contributed by atoms with Gasteiger partial charge in [0.25, 0.3) is 0 Å². The van der Waals surface area contributed by atoms with Crippen LogP contribution in [0.3, 0.4) is 0 Å². The lowest BCUT2D eigenvalue weighted by molar-refractivity contribution is -0.133. The van der Waals surface area contributed by atoms with E-state index in [-0.39, 0.29) is 11.9 Å². The van der Waals surface area contributed by atoms with Gasteiger partial charge in [-0.2, -0.15) is 0 Å². The van der Waals surface area contributed by atoms with Crippen molar-refractivity contribution in [1.82, 2.24) is 4.90 Å². The first-order chi connectivity index (χ1) is 9.08. The number of benzene rings is 1. The molecule has 0 fully saturated rings. The lowest BCUT2D eigenvalue weighted by atomic mass is 10.1. The highest BCUT2D eigenvalue weighted by Gasteiger charge is 2.18. The summed E-state index contributed by atoms with van der Waals surface area (Å²) in [6, 6.07) is 7.68. The fourth-order valence-corrected chi connectivity index (χ4v) is 1.91. The van der Waals surface area contributed by atoms with E-state index >= 15 is 0 Å². The average molecular weight is 264 g/mol. The molecule has 0 aliphatic rings. The SMILES string of the molecule is CCC(C)N(CCOC)C(=O)Cc1ccc(N)cc1. The summed E-state index contributed by atoms with van der Waals surface area (Å²) in [4.78, 5) is 14.2. The zero-order valence-corrected chi connectivity index (χ0v) is 12.1. The van der Waals surface area contributed by atoms with E-state index in [1.165, 1.54) is 0 Å². The molecule has 4 heteroatoms. The summed E-state index contributed by atoms with van der Waals surface area (Å²) in [5.74, 6) is 0.135. The van der Waals surface area contributed by atoms with Gasteiger partial charge in [0, 0.05) is 25.4 Å². The van der Waals surface area contributed by atoms with Gasteiger partial charge in [0.2, 0.25) is 5.91 Å². The minimum absolute atomic E-state index is 0.135. The van der Waals surface area contributed by atoms with Crippen LogP contribution in [0, 0.1) is 0 Å². The van der Waals surface area contributed by atoms with Gasteiger partial charge >= 0.3 is 0 Å². The Morgan fingerprint density at radius 3 is 2.53 bits per heavy atom. The first kappa shape index (κ1) is 15.5. The highest BCUT2D eigenvalue weighted by molar-refractivity contribution is 5.79. The minimum atomic E-state index is 0.135. The van der Waals surface area contributed by atoms with Gasteiger partial charge < -0.3 is 15.4 Å². The lowest BCUT2D eigenvalue weighted by Crippen LogP contribution is -2.41. The van der Waals surface area contributed by atoms with Crippen LogP contribution in [-0.4, -0.2) is 37.1 Å². The third kappa shape index (κ3) is 4.91. The molecule has 0 aliphatic carbocycles. The second-order valence-electron chi connectivity index (χ2n) is 4.76. The van der Waals surface area contributed by atoms with E-state index in [4.69, 9.17) is 10.5 Å². The highest BCUT2D eigenvalue weighted by atomic mass is 16.5. The summed E-state index contributed by atoms with van der Waals surface area (Å²) in [7, 11) is 1.65. The second-order valence-corrected chi connectivity index (χ2v) is 4.76. The Bertz CT molecular complexity index is 390. The van der Waals surface area contributed by atoms with Crippen LogP contribution in [-0.2, 0) is 16.0 Å². The molecule has 0 bridgehead atoms. The third-order valence-corrected chi connectivity index (χ3v) is 3.31. The number of methoxy groups -OCH3 is 1. The zero-order chi connectivity index (χ0) is 14.3. The maximum Gasteiger partial charge on any atom is 0.227 e. The van der Waals surface area contributed by atoms with Crippen molar-refractivity contribution in [3.63, 3.8) is 0 Å². The summed E-state index contributed by atoms with van der Waals surface area (Å²) in [6.07, 6.45) is 1.35. The van der Waals surface area contributed by atoms with Crippen molar-refractivity contribution in [3.05, 3.63) is 29.8 Å². The van der Waals surface area contributed by atoms with Gasteiger partial charge in [-0.05, 0) is 31.0 Å². The standard InChI is InChI=1S/C15H24N2O2/c1-4-12(2)17(9-10-19-3)15(18)11-13-5-7-14(16)8-6-13/h5-8,12H,4,9-11,16H2,1-3H3. The number of nitrogens with two attached hydrogens (primary N) is 1. The van der Waals surface area contributed by atoms with E-state index in [1.54, 1.807) is 7.11 Å². The van der Waals surface area contributed by atoms with E-state index in [0.29, 0.717) is 19.6 Å². The van der Waals surface area contributed by atoms with Gasteiger partial charge in [-0.1, -0.05) is 19.1 Å². The van der Waals surface area contributed by atoms with Crippen LogP contribution in [0.1, 0.15) is 25.8 Å². The quantitative estimate of drug-likeness (QED) is 0.767. The van der Waals surface area contributed by atoms with Crippen LogP contribution in [0.25, 0.3) is 0 Å². The van der Waals surface area contributed by atoms with Gasteiger partial charge in [0.15, 0.2) is 0 Å². The Labute approximate surface area is 115 Å². The third-order valence-electron chi connectivity index (χ3n) is 3.31. The fraction of sp³-hybridized carbons (Fsp3) is 0.533. The number of amides is 1. The van der Waals surface area contributed by atoms with Crippen molar-refractivity contribution >= 4 is 11.6 Å². The molecule has 0 aromatic heterocycles. The summed E-state index contributed by atoms with van der Waals surface area (Å²) >= 11 is 0. The van der Waals surface area contributed by atoms with Crippen LogP contribution in [0.15, 0.2) is 24.3 Å². The molecule has 0 heterocycles.